The van der Waals surface area contributed by atoms with Crippen LogP contribution in [0.4, 0.5) is 14.5 Å². The van der Waals surface area contributed by atoms with Gasteiger partial charge in [0.1, 0.15) is 11.5 Å². The van der Waals surface area contributed by atoms with Gasteiger partial charge in [-0.15, -0.1) is 0 Å². The van der Waals surface area contributed by atoms with Crippen molar-refractivity contribution in [2.24, 2.45) is 5.92 Å². The molecule has 0 saturated carbocycles. The number of hydrogen-bond acceptors (Lipinski definition) is 3. The first-order chi connectivity index (χ1) is 16.8. The molecule has 1 saturated heterocycles. The topological polar surface area (TPSA) is 32.8 Å². The van der Waals surface area contributed by atoms with Gasteiger partial charge in [-0.05, 0) is 79.4 Å². The average Bonchev–Trinajstić information content (AvgIpc) is 2.87. The highest BCUT2D eigenvalue weighted by Crippen LogP contribution is 2.31. The Morgan fingerprint density at radius 2 is 1.66 bits per heavy atom. The molecule has 1 aliphatic heterocycles. The Balaban J connectivity index is 1.30. The maximum atomic E-state index is 13.4. The Bertz CT molecular complexity index is 1160. The summed E-state index contributed by atoms with van der Waals surface area (Å²) < 4.78 is 32.1. The first-order valence-electron chi connectivity index (χ1n) is 12.1. The molecule has 0 radical (unpaired) electrons. The van der Waals surface area contributed by atoms with Gasteiger partial charge < -0.3 is 9.64 Å². The van der Waals surface area contributed by atoms with Crippen molar-refractivity contribution in [1.29, 1.82) is 0 Å². The van der Waals surface area contributed by atoms with Crippen molar-refractivity contribution < 1.29 is 18.3 Å². The molecule has 35 heavy (non-hydrogen) atoms. The van der Waals surface area contributed by atoms with E-state index >= 15 is 0 Å². The van der Waals surface area contributed by atoms with Gasteiger partial charge in [-0.1, -0.05) is 38.1 Å². The number of benzene rings is 3. The summed E-state index contributed by atoms with van der Waals surface area (Å²) in [7, 11) is 1.85. The third-order valence-corrected chi connectivity index (χ3v) is 6.60. The largest absolute Gasteiger partial charge is 0.457 e. The van der Waals surface area contributed by atoms with E-state index in [0.717, 1.165) is 50.3 Å². The summed E-state index contributed by atoms with van der Waals surface area (Å²) in [6.07, 6.45) is 2.14. The molecular weight excluding hydrogens is 446 g/mol. The number of hydrogen-bond donors (Lipinski definition) is 0. The van der Waals surface area contributed by atoms with E-state index < -0.39 is 11.6 Å². The number of ether oxygens (including phenoxy) is 1. The minimum absolute atomic E-state index is 0.0292. The molecule has 1 fully saturated rings. The first-order valence-corrected chi connectivity index (χ1v) is 12.1. The van der Waals surface area contributed by atoms with Crippen LogP contribution in [-0.2, 0) is 11.3 Å². The van der Waals surface area contributed by atoms with Crippen molar-refractivity contribution in [2.45, 2.75) is 39.2 Å². The molecule has 184 valence electrons. The molecule has 0 N–H and O–H groups in total. The van der Waals surface area contributed by atoms with Gasteiger partial charge in [-0.3, -0.25) is 9.69 Å². The van der Waals surface area contributed by atoms with Crippen LogP contribution in [0.1, 0.15) is 43.7 Å². The lowest BCUT2D eigenvalue weighted by atomic mass is 9.89. The molecule has 3 aromatic rings. The molecule has 1 amide bonds. The number of nitrogens with zero attached hydrogens (tertiary/aromatic N) is 2. The van der Waals surface area contributed by atoms with Gasteiger partial charge >= 0.3 is 0 Å². The van der Waals surface area contributed by atoms with Gasteiger partial charge in [0.05, 0.1) is 0 Å². The van der Waals surface area contributed by atoms with Gasteiger partial charge in [0.2, 0.25) is 5.91 Å². The Labute approximate surface area is 206 Å². The molecule has 0 aliphatic carbocycles. The van der Waals surface area contributed by atoms with Gasteiger partial charge in [0.15, 0.2) is 11.6 Å². The second kappa shape index (κ2) is 11.0. The van der Waals surface area contributed by atoms with E-state index in [4.69, 9.17) is 4.74 Å². The van der Waals surface area contributed by atoms with E-state index in [-0.39, 0.29) is 17.6 Å². The van der Waals surface area contributed by atoms with Gasteiger partial charge in [0, 0.05) is 31.3 Å². The lowest BCUT2D eigenvalue weighted by Gasteiger charge is -2.32. The number of halogens is 2. The van der Waals surface area contributed by atoms with Gasteiger partial charge in [0.25, 0.3) is 0 Å². The minimum atomic E-state index is -0.926. The number of carbonyl (C=O) groups is 1. The van der Waals surface area contributed by atoms with Crippen molar-refractivity contribution in [2.75, 3.05) is 25.0 Å². The fourth-order valence-corrected chi connectivity index (χ4v) is 4.52. The van der Waals surface area contributed by atoms with Crippen LogP contribution in [-0.4, -0.2) is 30.9 Å². The Morgan fingerprint density at radius 3 is 2.31 bits per heavy atom. The summed E-state index contributed by atoms with van der Waals surface area (Å²) in [6, 6.07) is 19.6. The smallest absolute Gasteiger partial charge is 0.229 e. The molecule has 4 rings (SSSR count). The lowest BCUT2D eigenvalue weighted by Crippen LogP contribution is -2.32. The molecule has 0 spiro atoms. The number of rotatable bonds is 7. The van der Waals surface area contributed by atoms with Gasteiger partial charge in [-0.25, -0.2) is 8.78 Å². The summed E-state index contributed by atoms with van der Waals surface area (Å²) >= 11 is 0. The van der Waals surface area contributed by atoms with Crippen molar-refractivity contribution in [3.05, 3.63) is 89.5 Å². The maximum Gasteiger partial charge on any atom is 0.229 e. The third kappa shape index (κ3) is 6.25. The number of amides is 1. The summed E-state index contributed by atoms with van der Waals surface area (Å²) in [5.74, 6) is -0.387. The average molecular weight is 479 g/mol. The van der Waals surface area contributed by atoms with E-state index in [9.17, 15) is 13.6 Å². The Kier molecular flexibility index (Phi) is 7.81. The Hall–Kier alpha value is -3.25. The van der Waals surface area contributed by atoms with Crippen LogP contribution in [0.15, 0.2) is 66.7 Å². The highest BCUT2D eigenvalue weighted by atomic mass is 19.2. The normalized spacial score (nSPS) is 14.8. The van der Waals surface area contributed by atoms with Crippen LogP contribution in [0.25, 0.3) is 0 Å². The molecule has 0 bridgehead atoms. The summed E-state index contributed by atoms with van der Waals surface area (Å²) in [5, 5.41) is 0. The van der Waals surface area contributed by atoms with Crippen LogP contribution in [0, 0.1) is 17.6 Å². The fraction of sp³-hybridized carbons (Fsp3) is 0.345. The molecule has 0 aromatic heterocycles. The zero-order valence-corrected chi connectivity index (χ0v) is 20.5. The standard InChI is InChI=1S/C29H32F2N2O2/c1-20(2)29(34)32(3)24-6-4-5-23(17-24)22-13-15-33(16-14-22)19-21-7-9-25(10-8-21)35-26-11-12-27(30)28(31)18-26/h4-12,17-18,20,22H,13-16,19H2,1-3H3. The summed E-state index contributed by atoms with van der Waals surface area (Å²) in [5.41, 5.74) is 3.43. The summed E-state index contributed by atoms with van der Waals surface area (Å²) in [4.78, 5) is 16.6. The van der Waals surface area contributed by atoms with E-state index in [1.807, 2.05) is 57.3 Å². The minimum Gasteiger partial charge on any atom is -0.457 e. The van der Waals surface area contributed by atoms with Crippen LogP contribution >= 0.6 is 0 Å². The zero-order chi connectivity index (χ0) is 24.9. The first kappa shape index (κ1) is 24.9. The highest BCUT2D eigenvalue weighted by molar-refractivity contribution is 5.94. The quantitative estimate of drug-likeness (QED) is 0.376. The van der Waals surface area contributed by atoms with Crippen molar-refractivity contribution in [1.82, 2.24) is 4.90 Å². The second-order valence-corrected chi connectivity index (χ2v) is 9.52. The lowest BCUT2D eigenvalue weighted by molar-refractivity contribution is -0.121. The maximum absolute atomic E-state index is 13.4. The molecule has 1 aliphatic rings. The van der Waals surface area contributed by atoms with Crippen molar-refractivity contribution in [3.63, 3.8) is 0 Å². The summed E-state index contributed by atoms with van der Waals surface area (Å²) in [6.45, 7) is 6.70. The number of likely N-dealkylation sites (tertiary alicyclic amines) is 1. The molecule has 0 unspecified atom stereocenters. The van der Waals surface area contributed by atoms with E-state index in [2.05, 4.69) is 17.0 Å². The molecular formula is C29H32F2N2O2. The molecule has 0 atom stereocenters. The molecule has 4 nitrogen and oxygen atoms in total. The number of piperidine rings is 1. The predicted molar refractivity (Wildman–Crippen MR) is 135 cm³/mol. The van der Waals surface area contributed by atoms with Crippen LogP contribution in [0.2, 0.25) is 0 Å². The van der Waals surface area contributed by atoms with E-state index in [1.54, 1.807) is 4.90 Å². The highest BCUT2D eigenvalue weighted by Gasteiger charge is 2.22. The second-order valence-electron chi connectivity index (χ2n) is 9.52. The molecule has 1 heterocycles. The SMILES string of the molecule is CC(C)C(=O)N(C)c1cccc(C2CCN(Cc3ccc(Oc4ccc(F)c(F)c4)cc3)CC2)c1. The predicted octanol–water partition coefficient (Wildman–Crippen LogP) is 6.76. The molecule has 6 heteroatoms. The van der Waals surface area contributed by atoms with E-state index in [0.29, 0.717) is 11.7 Å². The monoisotopic (exact) mass is 478 g/mol. The number of carbonyl (C=O) groups excluding carboxylic acids is 1. The van der Waals surface area contributed by atoms with Crippen LogP contribution < -0.4 is 9.64 Å². The third-order valence-electron chi connectivity index (χ3n) is 6.60. The van der Waals surface area contributed by atoms with E-state index in [1.165, 1.54) is 17.2 Å². The van der Waals surface area contributed by atoms with Crippen molar-refractivity contribution in [3.8, 4) is 11.5 Å². The fourth-order valence-electron chi connectivity index (χ4n) is 4.52. The number of anilines is 1. The Morgan fingerprint density at radius 1 is 0.971 bits per heavy atom. The van der Waals surface area contributed by atoms with Crippen molar-refractivity contribution >= 4 is 11.6 Å². The van der Waals surface area contributed by atoms with Gasteiger partial charge in [-0.2, -0.15) is 0 Å². The van der Waals surface area contributed by atoms with Crippen LogP contribution in [0.3, 0.4) is 0 Å². The van der Waals surface area contributed by atoms with Crippen LogP contribution in [0.5, 0.6) is 11.5 Å². The molecule has 3 aromatic carbocycles. The zero-order valence-electron chi connectivity index (χ0n) is 20.5.